The normalized spacial score (nSPS) is 12.8. The largest absolute Gasteiger partial charge is 0.496 e. The molecule has 1 aromatic carbocycles. The second-order valence-electron chi connectivity index (χ2n) is 4.38. The predicted octanol–water partition coefficient (Wildman–Crippen LogP) is 3.95. The predicted molar refractivity (Wildman–Crippen MR) is 77.9 cm³/mol. The van der Waals surface area contributed by atoms with Gasteiger partial charge in [0.05, 0.1) is 12.0 Å². The van der Waals surface area contributed by atoms with Crippen LogP contribution >= 0.6 is 11.3 Å². The quantitative estimate of drug-likeness (QED) is 0.790. The number of halogens is 1. The molecule has 0 spiro atoms. The summed E-state index contributed by atoms with van der Waals surface area (Å²) in [6.45, 7) is 0. The van der Waals surface area contributed by atoms with E-state index in [0.29, 0.717) is 11.3 Å². The summed E-state index contributed by atoms with van der Waals surface area (Å²) in [7, 11) is 3.48. The van der Waals surface area contributed by atoms with Crippen molar-refractivity contribution in [2.24, 2.45) is 0 Å². The van der Waals surface area contributed by atoms with Crippen LogP contribution in [0.25, 0.3) is 11.0 Å². The summed E-state index contributed by atoms with van der Waals surface area (Å²) in [6, 6.07) is 8.53. The lowest BCUT2D eigenvalue weighted by Gasteiger charge is -2.13. The maximum Gasteiger partial charge on any atom is 0.169 e. The second-order valence-corrected chi connectivity index (χ2v) is 5.33. The summed E-state index contributed by atoms with van der Waals surface area (Å²) in [5, 5.41) is 5.91. The number of rotatable bonds is 4. The Morgan fingerprint density at radius 2 is 2.20 bits per heavy atom. The second kappa shape index (κ2) is 5.26. The topological polar surface area (TPSA) is 34.4 Å². The zero-order valence-electron chi connectivity index (χ0n) is 11.1. The van der Waals surface area contributed by atoms with Crippen LogP contribution in [-0.4, -0.2) is 14.2 Å². The molecule has 0 aliphatic heterocycles. The number of fused-ring (bicyclic) bond motifs is 1. The molecule has 1 unspecified atom stereocenters. The van der Waals surface area contributed by atoms with Gasteiger partial charge in [0.2, 0.25) is 0 Å². The highest BCUT2D eigenvalue weighted by Crippen LogP contribution is 2.36. The van der Waals surface area contributed by atoms with Crippen molar-refractivity contribution in [3.8, 4) is 5.75 Å². The fourth-order valence-electron chi connectivity index (χ4n) is 2.28. The number of thiophene rings is 1. The molecule has 0 saturated heterocycles. The minimum Gasteiger partial charge on any atom is -0.496 e. The zero-order chi connectivity index (χ0) is 14.1. The summed E-state index contributed by atoms with van der Waals surface area (Å²) >= 11 is 1.57. The summed E-state index contributed by atoms with van der Waals surface area (Å²) in [5.41, 5.74) is 0.290. The smallest absolute Gasteiger partial charge is 0.169 e. The van der Waals surface area contributed by atoms with Crippen molar-refractivity contribution >= 4 is 22.3 Å². The van der Waals surface area contributed by atoms with Crippen LogP contribution in [0.3, 0.4) is 0 Å². The Hall–Kier alpha value is -1.85. The minimum absolute atomic E-state index is 0.156. The lowest BCUT2D eigenvalue weighted by molar-refractivity contribution is 0.402. The SMILES string of the molecule is CNC(c1cc2cccc(F)c2o1)c1sccc1OC. The fraction of sp³-hybridized carbons (Fsp3) is 0.200. The average Bonchev–Trinajstić information content (AvgIpc) is 3.07. The van der Waals surface area contributed by atoms with Crippen LogP contribution in [-0.2, 0) is 0 Å². The third-order valence-electron chi connectivity index (χ3n) is 3.23. The van der Waals surface area contributed by atoms with Crippen LogP contribution in [0.4, 0.5) is 4.39 Å². The van der Waals surface area contributed by atoms with Gasteiger partial charge in [0.25, 0.3) is 0 Å². The van der Waals surface area contributed by atoms with E-state index in [1.165, 1.54) is 6.07 Å². The van der Waals surface area contributed by atoms with Gasteiger partial charge in [-0.1, -0.05) is 12.1 Å². The van der Waals surface area contributed by atoms with Gasteiger partial charge in [-0.2, -0.15) is 0 Å². The number of hydrogen-bond acceptors (Lipinski definition) is 4. The summed E-state index contributed by atoms with van der Waals surface area (Å²) in [4.78, 5) is 1.01. The fourth-order valence-corrected chi connectivity index (χ4v) is 3.26. The molecule has 5 heteroatoms. The molecule has 1 atom stereocenters. The lowest BCUT2D eigenvalue weighted by Crippen LogP contribution is -2.16. The van der Waals surface area contributed by atoms with Gasteiger partial charge in [-0.3, -0.25) is 0 Å². The third kappa shape index (κ3) is 2.09. The number of para-hydroxylation sites is 1. The van der Waals surface area contributed by atoms with Crippen molar-refractivity contribution in [2.75, 3.05) is 14.2 Å². The van der Waals surface area contributed by atoms with Crippen molar-refractivity contribution in [1.82, 2.24) is 5.32 Å². The van der Waals surface area contributed by atoms with Gasteiger partial charge in [0.15, 0.2) is 11.4 Å². The van der Waals surface area contributed by atoms with Crippen molar-refractivity contribution in [2.45, 2.75) is 6.04 Å². The number of hydrogen-bond donors (Lipinski definition) is 1. The molecule has 0 saturated carbocycles. The molecular weight excluding hydrogens is 277 g/mol. The van der Waals surface area contributed by atoms with Gasteiger partial charge < -0.3 is 14.5 Å². The summed E-state index contributed by atoms with van der Waals surface area (Å²) < 4.78 is 24.7. The molecule has 0 bridgehead atoms. The Morgan fingerprint density at radius 3 is 2.90 bits per heavy atom. The molecule has 3 nitrogen and oxygen atoms in total. The highest BCUT2D eigenvalue weighted by Gasteiger charge is 2.22. The van der Waals surface area contributed by atoms with Crippen LogP contribution in [0.5, 0.6) is 5.75 Å². The maximum atomic E-state index is 13.7. The van der Waals surface area contributed by atoms with E-state index < -0.39 is 0 Å². The first-order chi connectivity index (χ1) is 9.74. The molecule has 20 heavy (non-hydrogen) atoms. The van der Waals surface area contributed by atoms with Crippen molar-refractivity contribution in [3.63, 3.8) is 0 Å². The van der Waals surface area contributed by atoms with E-state index in [9.17, 15) is 4.39 Å². The van der Waals surface area contributed by atoms with Crippen LogP contribution in [0.2, 0.25) is 0 Å². The molecule has 2 heterocycles. The number of ether oxygens (including phenoxy) is 1. The molecule has 0 amide bonds. The molecule has 0 radical (unpaired) electrons. The van der Waals surface area contributed by atoms with Crippen LogP contribution in [0.1, 0.15) is 16.7 Å². The van der Waals surface area contributed by atoms with Gasteiger partial charge in [0.1, 0.15) is 17.6 Å². The van der Waals surface area contributed by atoms with E-state index in [1.54, 1.807) is 24.5 Å². The molecule has 3 aromatic rings. The molecule has 2 aromatic heterocycles. The van der Waals surface area contributed by atoms with Gasteiger partial charge >= 0.3 is 0 Å². The third-order valence-corrected chi connectivity index (χ3v) is 4.19. The first-order valence-electron chi connectivity index (χ1n) is 6.21. The molecule has 0 aliphatic rings. The van der Waals surface area contributed by atoms with Gasteiger partial charge in [-0.25, -0.2) is 4.39 Å². The molecule has 0 aliphatic carbocycles. The van der Waals surface area contributed by atoms with E-state index in [-0.39, 0.29) is 11.9 Å². The number of benzene rings is 1. The number of furan rings is 1. The lowest BCUT2D eigenvalue weighted by atomic mass is 10.1. The van der Waals surface area contributed by atoms with E-state index in [2.05, 4.69) is 5.32 Å². The first kappa shape index (κ1) is 13.1. The highest BCUT2D eigenvalue weighted by molar-refractivity contribution is 7.10. The van der Waals surface area contributed by atoms with Gasteiger partial charge in [-0.15, -0.1) is 11.3 Å². The summed E-state index contributed by atoms with van der Waals surface area (Å²) in [6.07, 6.45) is 0. The highest BCUT2D eigenvalue weighted by atomic mass is 32.1. The standard InChI is InChI=1S/C15H14FNO2S/c1-17-13(15-11(18-2)6-7-20-15)12-8-9-4-3-5-10(16)14(9)19-12/h3-8,13,17H,1-2H3. The molecular formula is C15H14FNO2S. The Balaban J connectivity index is 2.10. The molecule has 1 N–H and O–H groups in total. The van der Waals surface area contributed by atoms with Crippen LogP contribution < -0.4 is 10.1 Å². The number of methoxy groups -OCH3 is 1. The monoisotopic (exact) mass is 291 g/mol. The Morgan fingerprint density at radius 1 is 1.35 bits per heavy atom. The van der Waals surface area contributed by atoms with E-state index in [1.807, 2.05) is 30.6 Å². The molecule has 3 rings (SSSR count). The Kier molecular flexibility index (Phi) is 3.46. The van der Waals surface area contributed by atoms with Crippen LogP contribution in [0, 0.1) is 5.82 Å². The minimum atomic E-state index is -0.346. The van der Waals surface area contributed by atoms with E-state index in [0.717, 1.165) is 16.0 Å². The van der Waals surface area contributed by atoms with Gasteiger partial charge in [0, 0.05) is 5.39 Å². The van der Waals surface area contributed by atoms with Crippen molar-refractivity contribution in [3.05, 3.63) is 52.2 Å². The number of nitrogens with one attached hydrogen (secondary N) is 1. The Bertz CT molecular complexity index is 734. The Labute approximate surface area is 120 Å². The average molecular weight is 291 g/mol. The summed E-state index contributed by atoms with van der Waals surface area (Å²) in [5.74, 6) is 1.13. The molecule has 0 fully saturated rings. The zero-order valence-corrected chi connectivity index (χ0v) is 12.0. The van der Waals surface area contributed by atoms with E-state index >= 15 is 0 Å². The van der Waals surface area contributed by atoms with E-state index in [4.69, 9.17) is 9.15 Å². The molecule has 104 valence electrons. The van der Waals surface area contributed by atoms with Crippen molar-refractivity contribution < 1.29 is 13.5 Å². The first-order valence-corrected chi connectivity index (χ1v) is 7.09. The maximum absolute atomic E-state index is 13.7. The van der Waals surface area contributed by atoms with Crippen LogP contribution in [0.15, 0.2) is 40.1 Å². The van der Waals surface area contributed by atoms with Crippen molar-refractivity contribution in [1.29, 1.82) is 0 Å². The van der Waals surface area contributed by atoms with Gasteiger partial charge in [-0.05, 0) is 30.6 Å².